The first-order valence-corrected chi connectivity index (χ1v) is 6.60. The third kappa shape index (κ3) is 2.28. The molecule has 0 atom stereocenters. The van der Waals surface area contributed by atoms with E-state index in [9.17, 15) is 4.79 Å². The van der Waals surface area contributed by atoms with Crippen molar-refractivity contribution >= 4 is 0 Å². The molecule has 0 saturated heterocycles. The molecular formula is C18H15NO. The number of aryl methyl sites for hydroxylation is 1. The van der Waals surface area contributed by atoms with Crippen molar-refractivity contribution in [1.29, 1.82) is 0 Å². The van der Waals surface area contributed by atoms with Gasteiger partial charge in [0.1, 0.15) is 0 Å². The Morgan fingerprint density at radius 1 is 0.800 bits per heavy atom. The van der Waals surface area contributed by atoms with Crippen molar-refractivity contribution in [2.45, 2.75) is 6.92 Å². The van der Waals surface area contributed by atoms with Crippen LogP contribution in [-0.2, 0) is 0 Å². The topological polar surface area (TPSA) is 32.9 Å². The molecule has 1 N–H and O–H groups in total. The van der Waals surface area contributed by atoms with Gasteiger partial charge in [-0.05, 0) is 24.1 Å². The number of aromatic amines is 1. The highest BCUT2D eigenvalue weighted by Crippen LogP contribution is 2.29. The predicted octanol–water partition coefficient (Wildman–Crippen LogP) is 4.02. The number of rotatable bonds is 2. The van der Waals surface area contributed by atoms with E-state index in [0.29, 0.717) is 0 Å². The maximum Gasteiger partial charge on any atom is 0.251 e. The number of hydrogen-bond acceptors (Lipinski definition) is 1. The Bertz CT molecular complexity index is 774. The fourth-order valence-corrected chi connectivity index (χ4v) is 2.31. The SMILES string of the molecule is Cc1cc(-c2ccccc2)c(-c2ccccc2)[nH]c1=O. The van der Waals surface area contributed by atoms with Gasteiger partial charge in [-0.25, -0.2) is 0 Å². The molecule has 20 heavy (non-hydrogen) atoms. The second kappa shape index (κ2) is 5.17. The molecule has 98 valence electrons. The van der Waals surface area contributed by atoms with Gasteiger partial charge in [0.05, 0.1) is 5.69 Å². The Morgan fingerprint density at radius 3 is 1.95 bits per heavy atom. The van der Waals surface area contributed by atoms with Crippen molar-refractivity contribution in [3.63, 3.8) is 0 Å². The third-order valence-corrected chi connectivity index (χ3v) is 3.37. The summed E-state index contributed by atoms with van der Waals surface area (Å²) in [6, 6.07) is 22.0. The van der Waals surface area contributed by atoms with Gasteiger partial charge in [0.15, 0.2) is 0 Å². The van der Waals surface area contributed by atoms with Gasteiger partial charge in [-0.3, -0.25) is 4.79 Å². The Kier molecular flexibility index (Phi) is 3.21. The molecule has 0 amide bonds. The lowest BCUT2D eigenvalue weighted by Crippen LogP contribution is -2.11. The van der Waals surface area contributed by atoms with Crippen molar-refractivity contribution in [1.82, 2.24) is 4.98 Å². The molecule has 0 radical (unpaired) electrons. The fourth-order valence-electron chi connectivity index (χ4n) is 2.31. The quantitative estimate of drug-likeness (QED) is 0.742. The van der Waals surface area contributed by atoms with Crippen LogP contribution in [-0.4, -0.2) is 4.98 Å². The molecule has 1 aromatic heterocycles. The summed E-state index contributed by atoms with van der Waals surface area (Å²) in [6.07, 6.45) is 0. The van der Waals surface area contributed by atoms with E-state index in [2.05, 4.69) is 17.1 Å². The average Bonchev–Trinajstić information content (AvgIpc) is 2.51. The minimum Gasteiger partial charge on any atom is -0.321 e. The zero-order valence-corrected chi connectivity index (χ0v) is 11.3. The molecule has 0 aliphatic heterocycles. The molecule has 2 heteroatoms. The first-order chi connectivity index (χ1) is 9.75. The minimum atomic E-state index is -0.0384. The van der Waals surface area contributed by atoms with Crippen molar-refractivity contribution in [3.8, 4) is 22.4 Å². The molecule has 0 unspecified atom stereocenters. The van der Waals surface area contributed by atoms with E-state index in [1.807, 2.05) is 61.5 Å². The zero-order chi connectivity index (χ0) is 13.9. The molecule has 0 saturated carbocycles. The molecule has 3 aromatic rings. The van der Waals surface area contributed by atoms with Crippen LogP contribution in [0.3, 0.4) is 0 Å². The van der Waals surface area contributed by atoms with Crippen LogP contribution in [0.1, 0.15) is 5.56 Å². The monoisotopic (exact) mass is 261 g/mol. The molecule has 1 heterocycles. The van der Waals surface area contributed by atoms with E-state index in [1.54, 1.807) is 0 Å². The summed E-state index contributed by atoms with van der Waals surface area (Å²) in [7, 11) is 0. The summed E-state index contributed by atoms with van der Waals surface area (Å²) in [5.74, 6) is 0. The van der Waals surface area contributed by atoms with Crippen LogP contribution in [0.15, 0.2) is 71.5 Å². The van der Waals surface area contributed by atoms with E-state index in [1.165, 1.54) is 0 Å². The van der Waals surface area contributed by atoms with Crippen molar-refractivity contribution in [3.05, 3.63) is 82.6 Å². The lowest BCUT2D eigenvalue weighted by Gasteiger charge is -2.11. The Balaban J connectivity index is 2.29. The van der Waals surface area contributed by atoms with Gasteiger partial charge in [-0.2, -0.15) is 0 Å². The minimum absolute atomic E-state index is 0.0384. The van der Waals surface area contributed by atoms with Crippen LogP contribution in [0.4, 0.5) is 0 Å². The summed E-state index contributed by atoms with van der Waals surface area (Å²) in [5.41, 5.74) is 4.72. The summed E-state index contributed by atoms with van der Waals surface area (Å²) >= 11 is 0. The Morgan fingerprint density at radius 2 is 1.35 bits per heavy atom. The van der Waals surface area contributed by atoms with Gasteiger partial charge in [0.25, 0.3) is 5.56 Å². The van der Waals surface area contributed by atoms with Crippen LogP contribution in [0, 0.1) is 6.92 Å². The molecule has 0 bridgehead atoms. The van der Waals surface area contributed by atoms with Crippen LogP contribution in [0.25, 0.3) is 22.4 Å². The van der Waals surface area contributed by atoms with Gasteiger partial charge in [-0.15, -0.1) is 0 Å². The lowest BCUT2D eigenvalue weighted by molar-refractivity contribution is 1.19. The maximum absolute atomic E-state index is 11.9. The molecule has 0 fully saturated rings. The second-order valence-corrected chi connectivity index (χ2v) is 4.80. The fraction of sp³-hybridized carbons (Fsp3) is 0.0556. The number of hydrogen-bond donors (Lipinski definition) is 1. The molecule has 0 spiro atoms. The van der Waals surface area contributed by atoms with Crippen LogP contribution in [0.2, 0.25) is 0 Å². The maximum atomic E-state index is 11.9. The van der Waals surface area contributed by atoms with Crippen LogP contribution >= 0.6 is 0 Å². The number of H-pyrrole nitrogens is 1. The van der Waals surface area contributed by atoms with Crippen molar-refractivity contribution < 1.29 is 0 Å². The van der Waals surface area contributed by atoms with E-state index in [-0.39, 0.29) is 5.56 Å². The van der Waals surface area contributed by atoms with Crippen LogP contribution in [0.5, 0.6) is 0 Å². The van der Waals surface area contributed by atoms with Gasteiger partial charge in [0.2, 0.25) is 0 Å². The molecule has 2 nitrogen and oxygen atoms in total. The normalized spacial score (nSPS) is 10.4. The van der Waals surface area contributed by atoms with Gasteiger partial charge in [-0.1, -0.05) is 60.7 Å². The smallest absolute Gasteiger partial charge is 0.251 e. The van der Waals surface area contributed by atoms with Gasteiger partial charge in [0, 0.05) is 11.1 Å². The largest absolute Gasteiger partial charge is 0.321 e. The summed E-state index contributed by atoms with van der Waals surface area (Å²) < 4.78 is 0. The standard InChI is InChI=1S/C18H15NO/c1-13-12-16(14-8-4-2-5-9-14)17(19-18(13)20)15-10-6-3-7-11-15/h2-12H,1H3,(H,19,20). The Labute approximate surface area is 117 Å². The lowest BCUT2D eigenvalue weighted by atomic mass is 9.98. The first kappa shape index (κ1) is 12.4. The molecule has 0 aliphatic carbocycles. The molecule has 2 aromatic carbocycles. The van der Waals surface area contributed by atoms with Crippen molar-refractivity contribution in [2.75, 3.05) is 0 Å². The highest BCUT2D eigenvalue weighted by atomic mass is 16.1. The highest BCUT2D eigenvalue weighted by molar-refractivity contribution is 5.80. The number of aromatic nitrogens is 1. The van der Waals surface area contributed by atoms with Gasteiger partial charge < -0.3 is 4.98 Å². The molecule has 3 rings (SSSR count). The summed E-state index contributed by atoms with van der Waals surface area (Å²) in [6.45, 7) is 1.83. The zero-order valence-electron chi connectivity index (χ0n) is 11.3. The van der Waals surface area contributed by atoms with E-state index in [4.69, 9.17) is 0 Å². The summed E-state index contributed by atoms with van der Waals surface area (Å²) in [4.78, 5) is 14.9. The second-order valence-electron chi connectivity index (χ2n) is 4.80. The predicted molar refractivity (Wildman–Crippen MR) is 82.7 cm³/mol. The Hall–Kier alpha value is -2.61. The number of benzene rings is 2. The molecular weight excluding hydrogens is 246 g/mol. The number of pyridine rings is 1. The summed E-state index contributed by atoms with van der Waals surface area (Å²) in [5, 5.41) is 0. The first-order valence-electron chi connectivity index (χ1n) is 6.60. The average molecular weight is 261 g/mol. The van der Waals surface area contributed by atoms with Crippen LogP contribution < -0.4 is 5.56 Å². The van der Waals surface area contributed by atoms with Gasteiger partial charge >= 0.3 is 0 Å². The molecule has 0 aliphatic rings. The number of nitrogens with one attached hydrogen (secondary N) is 1. The van der Waals surface area contributed by atoms with E-state index >= 15 is 0 Å². The highest BCUT2D eigenvalue weighted by Gasteiger charge is 2.09. The van der Waals surface area contributed by atoms with E-state index < -0.39 is 0 Å². The van der Waals surface area contributed by atoms with Crippen molar-refractivity contribution in [2.24, 2.45) is 0 Å². The third-order valence-electron chi connectivity index (χ3n) is 3.37. The van der Waals surface area contributed by atoms with E-state index in [0.717, 1.165) is 27.9 Å².